The van der Waals surface area contributed by atoms with Crippen LogP contribution in [0.1, 0.15) is 24.5 Å². The van der Waals surface area contributed by atoms with E-state index in [2.05, 4.69) is 28.4 Å². The average molecular weight is 419 g/mol. The van der Waals surface area contributed by atoms with E-state index in [0.717, 1.165) is 23.4 Å². The van der Waals surface area contributed by atoms with Gasteiger partial charge in [-0.05, 0) is 49.2 Å². The summed E-state index contributed by atoms with van der Waals surface area (Å²) < 4.78 is 5.38. The highest BCUT2D eigenvalue weighted by Gasteiger charge is 2.26. The molecule has 0 spiro atoms. The number of nitrogens with zero attached hydrogens (tertiary/aromatic N) is 4. The number of ether oxygens (including phenoxy) is 1. The van der Waals surface area contributed by atoms with E-state index < -0.39 is 5.91 Å². The molecule has 0 fully saturated rings. The summed E-state index contributed by atoms with van der Waals surface area (Å²) in [6.07, 6.45) is 2.05. The molecule has 0 saturated heterocycles. The van der Waals surface area contributed by atoms with Crippen molar-refractivity contribution < 1.29 is 14.3 Å². The van der Waals surface area contributed by atoms with Gasteiger partial charge in [-0.25, -0.2) is 5.43 Å². The van der Waals surface area contributed by atoms with Crippen LogP contribution in [-0.4, -0.2) is 44.3 Å². The van der Waals surface area contributed by atoms with Crippen LogP contribution in [0.3, 0.4) is 0 Å². The van der Waals surface area contributed by atoms with Crippen LogP contribution in [0.2, 0.25) is 0 Å². The average Bonchev–Trinajstić information content (AvgIpc) is 2.77. The van der Waals surface area contributed by atoms with Gasteiger partial charge in [0, 0.05) is 18.8 Å². The largest absolute Gasteiger partial charge is 0.482 e. The molecule has 31 heavy (non-hydrogen) atoms. The van der Waals surface area contributed by atoms with Gasteiger partial charge in [0.05, 0.1) is 24.4 Å². The number of hydrazone groups is 1. The highest BCUT2D eigenvalue weighted by atomic mass is 16.5. The smallest absolute Gasteiger partial charge is 0.265 e. The molecule has 8 nitrogen and oxygen atoms in total. The van der Waals surface area contributed by atoms with Crippen molar-refractivity contribution in [1.82, 2.24) is 5.43 Å². The predicted molar refractivity (Wildman–Crippen MR) is 119 cm³/mol. The zero-order chi connectivity index (χ0) is 22.2. The van der Waals surface area contributed by atoms with Crippen molar-refractivity contribution in [3.63, 3.8) is 0 Å². The maximum absolute atomic E-state index is 12.3. The molecule has 0 saturated carbocycles. The summed E-state index contributed by atoms with van der Waals surface area (Å²) in [6.45, 7) is 5.28. The standard InChI is InChI=1S/C23H25N5O3/c1-3-27(12-6-11-24)19-10-9-18(17(2)13-19)14-25-26-22(29)15-28-20-7-4-5-8-21(20)31-16-23(28)30/h4-5,7-10,13-14H,3,6,12,15-16H2,1-2H3,(H,26,29)/b25-14-. The van der Waals surface area contributed by atoms with E-state index in [1.54, 1.807) is 24.4 Å². The number of carbonyl (C=O) groups excluding carboxylic acids is 2. The molecule has 0 bridgehead atoms. The number of anilines is 2. The van der Waals surface area contributed by atoms with Crippen molar-refractivity contribution in [3.8, 4) is 11.8 Å². The Morgan fingerprint density at radius 3 is 2.90 bits per heavy atom. The summed E-state index contributed by atoms with van der Waals surface area (Å²) in [5.41, 5.74) is 5.97. The third-order valence-corrected chi connectivity index (χ3v) is 5.00. The highest BCUT2D eigenvalue weighted by molar-refractivity contribution is 6.02. The number of rotatable bonds is 8. The first-order chi connectivity index (χ1) is 15.0. The van der Waals surface area contributed by atoms with Gasteiger partial charge in [-0.3, -0.25) is 14.5 Å². The number of nitrogens with one attached hydrogen (secondary N) is 1. The number of hydrogen-bond donors (Lipinski definition) is 1. The summed E-state index contributed by atoms with van der Waals surface area (Å²) >= 11 is 0. The van der Waals surface area contributed by atoms with Gasteiger partial charge in [0.2, 0.25) is 0 Å². The summed E-state index contributed by atoms with van der Waals surface area (Å²) in [4.78, 5) is 28.0. The third kappa shape index (κ3) is 5.39. The van der Waals surface area contributed by atoms with Crippen molar-refractivity contribution in [2.45, 2.75) is 20.3 Å². The second-order valence-corrected chi connectivity index (χ2v) is 7.06. The van der Waals surface area contributed by atoms with Gasteiger partial charge < -0.3 is 9.64 Å². The first-order valence-corrected chi connectivity index (χ1v) is 10.1. The van der Waals surface area contributed by atoms with Crippen LogP contribution in [0.15, 0.2) is 47.6 Å². The summed E-state index contributed by atoms with van der Waals surface area (Å²) in [7, 11) is 0. The van der Waals surface area contributed by atoms with E-state index in [1.807, 2.05) is 31.2 Å². The van der Waals surface area contributed by atoms with Gasteiger partial charge in [0.15, 0.2) is 6.61 Å². The lowest BCUT2D eigenvalue weighted by molar-refractivity contribution is -0.125. The second kappa shape index (κ2) is 10.3. The van der Waals surface area contributed by atoms with Crippen LogP contribution in [0.4, 0.5) is 11.4 Å². The molecule has 8 heteroatoms. The Labute approximate surface area is 181 Å². The van der Waals surface area contributed by atoms with E-state index >= 15 is 0 Å². The number of hydrogen-bond acceptors (Lipinski definition) is 6. The van der Waals surface area contributed by atoms with Crippen LogP contribution in [0, 0.1) is 18.3 Å². The molecule has 2 aromatic rings. The summed E-state index contributed by atoms with van der Waals surface area (Å²) in [5.74, 6) is -0.101. The van der Waals surface area contributed by atoms with Crippen molar-refractivity contribution in [2.75, 3.05) is 36.0 Å². The number of fused-ring (bicyclic) bond motifs is 1. The maximum Gasteiger partial charge on any atom is 0.265 e. The zero-order valence-electron chi connectivity index (χ0n) is 17.7. The second-order valence-electron chi connectivity index (χ2n) is 7.06. The van der Waals surface area contributed by atoms with Crippen LogP contribution >= 0.6 is 0 Å². The fraction of sp³-hybridized carbons (Fsp3) is 0.304. The Hall–Kier alpha value is -3.86. The Morgan fingerprint density at radius 2 is 2.16 bits per heavy atom. The molecule has 0 aliphatic carbocycles. The fourth-order valence-electron chi connectivity index (χ4n) is 3.34. The van der Waals surface area contributed by atoms with Crippen molar-refractivity contribution in [2.24, 2.45) is 5.10 Å². The Bertz CT molecular complexity index is 1030. The lowest BCUT2D eigenvalue weighted by atomic mass is 10.1. The van der Waals surface area contributed by atoms with E-state index in [4.69, 9.17) is 10.00 Å². The minimum Gasteiger partial charge on any atom is -0.482 e. The molecule has 1 aliphatic heterocycles. The number of para-hydroxylation sites is 2. The van der Waals surface area contributed by atoms with E-state index in [9.17, 15) is 9.59 Å². The molecule has 1 heterocycles. The number of amides is 2. The van der Waals surface area contributed by atoms with E-state index in [1.165, 1.54) is 4.90 Å². The predicted octanol–water partition coefficient (Wildman–Crippen LogP) is 2.61. The molecule has 0 unspecified atom stereocenters. The Balaban J connectivity index is 1.61. The molecule has 1 N–H and O–H groups in total. The molecule has 160 valence electrons. The van der Waals surface area contributed by atoms with Crippen molar-refractivity contribution in [1.29, 1.82) is 5.26 Å². The van der Waals surface area contributed by atoms with Crippen molar-refractivity contribution >= 4 is 29.4 Å². The molecule has 2 amide bonds. The van der Waals surface area contributed by atoms with Crippen LogP contribution in [0.5, 0.6) is 5.75 Å². The molecule has 0 radical (unpaired) electrons. The topological polar surface area (TPSA) is 98.0 Å². The SMILES string of the molecule is CCN(CCC#N)c1ccc(/C=N\NC(=O)CN2C(=O)COc3ccccc32)c(C)c1. The van der Waals surface area contributed by atoms with Gasteiger partial charge in [-0.1, -0.05) is 18.2 Å². The maximum atomic E-state index is 12.3. The molecule has 0 atom stereocenters. The first-order valence-electron chi connectivity index (χ1n) is 10.1. The number of carbonyl (C=O) groups is 2. The summed E-state index contributed by atoms with van der Waals surface area (Å²) in [5, 5.41) is 12.9. The Kier molecular flexibility index (Phi) is 7.22. The minimum atomic E-state index is -0.399. The Morgan fingerprint density at radius 1 is 1.35 bits per heavy atom. The van der Waals surface area contributed by atoms with Gasteiger partial charge >= 0.3 is 0 Å². The highest BCUT2D eigenvalue weighted by Crippen LogP contribution is 2.31. The van der Waals surface area contributed by atoms with Crippen LogP contribution in [0.25, 0.3) is 0 Å². The van der Waals surface area contributed by atoms with E-state index in [0.29, 0.717) is 24.4 Å². The van der Waals surface area contributed by atoms with Crippen LogP contribution in [-0.2, 0) is 9.59 Å². The molecule has 1 aliphatic rings. The lowest BCUT2D eigenvalue weighted by Crippen LogP contribution is -2.44. The third-order valence-electron chi connectivity index (χ3n) is 5.00. The van der Waals surface area contributed by atoms with Crippen LogP contribution < -0.4 is 20.0 Å². The van der Waals surface area contributed by atoms with Gasteiger partial charge in [0.1, 0.15) is 12.3 Å². The lowest BCUT2D eigenvalue weighted by Gasteiger charge is -2.28. The van der Waals surface area contributed by atoms with Gasteiger partial charge in [-0.15, -0.1) is 0 Å². The number of nitriles is 1. The molecule has 3 rings (SSSR count). The monoisotopic (exact) mass is 419 g/mol. The normalized spacial score (nSPS) is 12.8. The number of benzene rings is 2. The minimum absolute atomic E-state index is 0.0950. The first kappa shape index (κ1) is 21.8. The molecular formula is C23H25N5O3. The molecule has 0 aromatic heterocycles. The molecule has 2 aromatic carbocycles. The quantitative estimate of drug-likeness (QED) is 0.524. The number of aryl methyl sites for hydroxylation is 1. The van der Waals surface area contributed by atoms with E-state index in [-0.39, 0.29) is 19.1 Å². The van der Waals surface area contributed by atoms with Crippen molar-refractivity contribution in [3.05, 3.63) is 53.6 Å². The van der Waals surface area contributed by atoms with Gasteiger partial charge in [0.25, 0.3) is 11.8 Å². The zero-order valence-corrected chi connectivity index (χ0v) is 17.7. The van der Waals surface area contributed by atoms with Gasteiger partial charge in [-0.2, -0.15) is 10.4 Å². The summed E-state index contributed by atoms with van der Waals surface area (Å²) in [6, 6.07) is 15.2. The fourth-order valence-corrected chi connectivity index (χ4v) is 3.34. The molecular weight excluding hydrogens is 394 g/mol.